The molecule has 4 nitrogen and oxygen atoms in total. The monoisotopic (exact) mass is 166 g/mol. The molecule has 1 aliphatic rings. The lowest BCUT2D eigenvalue weighted by Crippen LogP contribution is -1.97. The molecule has 12 heavy (non-hydrogen) atoms. The standard InChI is InChI=1S/C8H10N2O2/c11-5-8-6-1-3-12-4-2-7(6)9-10-8/h5H,1-4H2,(H,9,10). The average molecular weight is 166 g/mol. The number of aldehydes is 1. The van der Waals surface area contributed by atoms with E-state index in [4.69, 9.17) is 4.74 Å². The van der Waals surface area contributed by atoms with E-state index in [-0.39, 0.29) is 0 Å². The number of aromatic nitrogens is 2. The Morgan fingerprint density at radius 2 is 2.25 bits per heavy atom. The number of hydrogen-bond donors (Lipinski definition) is 1. The maximum Gasteiger partial charge on any atom is 0.170 e. The van der Waals surface area contributed by atoms with Gasteiger partial charge in [0.05, 0.1) is 13.2 Å². The van der Waals surface area contributed by atoms with E-state index in [1.165, 1.54) is 0 Å². The van der Waals surface area contributed by atoms with Gasteiger partial charge in [0.2, 0.25) is 0 Å². The van der Waals surface area contributed by atoms with Crippen LogP contribution in [0.25, 0.3) is 0 Å². The summed E-state index contributed by atoms with van der Waals surface area (Å²) in [5.41, 5.74) is 2.62. The van der Waals surface area contributed by atoms with Crippen LogP contribution in [0.1, 0.15) is 21.7 Å². The molecule has 0 saturated carbocycles. The fraction of sp³-hybridized carbons (Fsp3) is 0.500. The van der Waals surface area contributed by atoms with Crippen molar-refractivity contribution in [1.29, 1.82) is 0 Å². The summed E-state index contributed by atoms with van der Waals surface area (Å²) >= 11 is 0. The number of rotatable bonds is 1. The van der Waals surface area contributed by atoms with Gasteiger partial charge in [-0.2, -0.15) is 5.10 Å². The average Bonchev–Trinajstić information content (AvgIpc) is 2.33. The summed E-state index contributed by atoms with van der Waals surface area (Å²) in [5, 5.41) is 6.77. The van der Waals surface area contributed by atoms with E-state index in [1.54, 1.807) is 0 Å². The van der Waals surface area contributed by atoms with Crippen LogP contribution in [0, 0.1) is 0 Å². The quantitative estimate of drug-likeness (QED) is 0.612. The van der Waals surface area contributed by atoms with E-state index in [0.29, 0.717) is 18.9 Å². The fourth-order valence-corrected chi connectivity index (χ4v) is 1.45. The molecule has 0 spiro atoms. The lowest BCUT2D eigenvalue weighted by Gasteiger charge is -1.94. The van der Waals surface area contributed by atoms with Crippen molar-refractivity contribution >= 4 is 6.29 Å². The number of nitrogens with zero attached hydrogens (tertiary/aromatic N) is 1. The van der Waals surface area contributed by atoms with E-state index in [1.807, 2.05) is 0 Å². The van der Waals surface area contributed by atoms with E-state index >= 15 is 0 Å². The first-order valence-electron chi connectivity index (χ1n) is 4.01. The number of carbonyl (C=O) groups excluding carboxylic acids is 1. The second-order valence-electron chi connectivity index (χ2n) is 2.80. The molecule has 0 unspecified atom stereocenters. The fourth-order valence-electron chi connectivity index (χ4n) is 1.45. The van der Waals surface area contributed by atoms with E-state index in [2.05, 4.69) is 10.2 Å². The minimum absolute atomic E-state index is 0.538. The maximum atomic E-state index is 10.5. The topological polar surface area (TPSA) is 55.0 Å². The van der Waals surface area contributed by atoms with E-state index < -0.39 is 0 Å². The Hall–Kier alpha value is -1.16. The van der Waals surface area contributed by atoms with Gasteiger partial charge in [-0.25, -0.2) is 0 Å². The van der Waals surface area contributed by atoms with Crippen LogP contribution in [-0.4, -0.2) is 29.7 Å². The molecule has 2 heterocycles. The molecule has 4 heteroatoms. The second-order valence-corrected chi connectivity index (χ2v) is 2.80. The zero-order chi connectivity index (χ0) is 8.39. The maximum absolute atomic E-state index is 10.5. The van der Waals surface area contributed by atoms with Crippen LogP contribution in [0.4, 0.5) is 0 Å². The number of nitrogens with one attached hydrogen (secondary N) is 1. The molecule has 0 aliphatic carbocycles. The SMILES string of the molecule is O=Cc1n[nH]c2c1CCOCC2. The van der Waals surface area contributed by atoms with Gasteiger partial charge >= 0.3 is 0 Å². The smallest absolute Gasteiger partial charge is 0.170 e. The highest BCUT2D eigenvalue weighted by Gasteiger charge is 2.14. The van der Waals surface area contributed by atoms with Crippen LogP contribution < -0.4 is 0 Å². The second kappa shape index (κ2) is 3.06. The molecule has 1 N–H and O–H groups in total. The van der Waals surface area contributed by atoms with E-state index in [0.717, 1.165) is 30.4 Å². The van der Waals surface area contributed by atoms with Gasteiger partial charge < -0.3 is 4.74 Å². The minimum atomic E-state index is 0.538. The van der Waals surface area contributed by atoms with Gasteiger partial charge in [-0.1, -0.05) is 0 Å². The Kier molecular flexibility index (Phi) is 1.91. The lowest BCUT2D eigenvalue weighted by molar-refractivity contribution is 0.111. The zero-order valence-electron chi connectivity index (χ0n) is 6.67. The van der Waals surface area contributed by atoms with Crippen LogP contribution in [-0.2, 0) is 17.6 Å². The summed E-state index contributed by atoms with van der Waals surface area (Å²) in [6.45, 7) is 1.40. The highest BCUT2D eigenvalue weighted by atomic mass is 16.5. The van der Waals surface area contributed by atoms with Crippen molar-refractivity contribution in [3.63, 3.8) is 0 Å². The summed E-state index contributed by atoms with van der Waals surface area (Å²) in [4.78, 5) is 10.5. The normalized spacial score (nSPS) is 16.7. The first kappa shape index (κ1) is 7.49. The summed E-state index contributed by atoms with van der Waals surface area (Å²) in [7, 11) is 0. The van der Waals surface area contributed by atoms with Crippen LogP contribution in [0.3, 0.4) is 0 Å². The third-order valence-corrected chi connectivity index (χ3v) is 2.09. The van der Waals surface area contributed by atoms with Gasteiger partial charge in [-0.3, -0.25) is 9.89 Å². The van der Waals surface area contributed by atoms with Gasteiger partial charge in [0, 0.05) is 17.7 Å². The summed E-state index contributed by atoms with van der Waals surface area (Å²) in [6, 6.07) is 0. The molecule has 0 saturated heterocycles. The lowest BCUT2D eigenvalue weighted by atomic mass is 10.1. The largest absolute Gasteiger partial charge is 0.381 e. The number of fused-ring (bicyclic) bond motifs is 1. The Bertz CT molecular complexity index is 293. The predicted octanol–water partition coefficient (Wildman–Crippen LogP) is 0.337. The molecule has 1 aromatic heterocycles. The first-order valence-corrected chi connectivity index (χ1v) is 4.01. The van der Waals surface area contributed by atoms with Crippen molar-refractivity contribution in [2.24, 2.45) is 0 Å². The minimum Gasteiger partial charge on any atom is -0.381 e. The summed E-state index contributed by atoms with van der Waals surface area (Å²) in [5.74, 6) is 0. The number of aromatic amines is 1. The third-order valence-electron chi connectivity index (χ3n) is 2.09. The van der Waals surface area contributed by atoms with Crippen molar-refractivity contribution in [2.45, 2.75) is 12.8 Å². The molecule has 0 atom stereocenters. The number of carbonyl (C=O) groups is 1. The molecule has 1 aromatic rings. The van der Waals surface area contributed by atoms with Crippen molar-refractivity contribution in [3.8, 4) is 0 Å². The molecular formula is C8H10N2O2. The molecule has 0 amide bonds. The van der Waals surface area contributed by atoms with Gasteiger partial charge in [-0.05, 0) is 6.42 Å². The van der Waals surface area contributed by atoms with Crippen LogP contribution in [0.15, 0.2) is 0 Å². The predicted molar refractivity (Wildman–Crippen MR) is 42.2 cm³/mol. The highest BCUT2D eigenvalue weighted by molar-refractivity contribution is 5.74. The van der Waals surface area contributed by atoms with Gasteiger partial charge in [0.1, 0.15) is 5.69 Å². The van der Waals surface area contributed by atoms with Crippen LogP contribution in [0.2, 0.25) is 0 Å². The van der Waals surface area contributed by atoms with E-state index in [9.17, 15) is 4.79 Å². The molecular weight excluding hydrogens is 156 g/mol. The van der Waals surface area contributed by atoms with Crippen molar-refractivity contribution in [3.05, 3.63) is 17.0 Å². The Morgan fingerprint density at radius 3 is 3.08 bits per heavy atom. The Labute approximate surface area is 69.9 Å². The van der Waals surface area contributed by atoms with Gasteiger partial charge in [0.15, 0.2) is 6.29 Å². The molecule has 2 rings (SSSR count). The van der Waals surface area contributed by atoms with Gasteiger partial charge in [-0.15, -0.1) is 0 Å². The summed E-state index contributed by atoms with van der Waals surface area (Å²) in [6.07, 6.45) is 2.41. The van der Waals surface area contributed by atoms with Crippen LogP contribution in [0.5, 0.6) is 0 Å². The first-order chi connectivity index (χ1) is 5.92. The van der Waals surface area contributed by atoms with Crippen molar-refractivity contribution in [1.82, 2.24) is 10.2 Å². The molecule has 0 bridgehead atoms. The molecule has 64 valence electrons. The number of ether oxygens (including phenoxy) is 1. The highest BCUT2D eigenvalue weighted by Crippen LogP contribution is 2.14. The Balaban J connectivity index is 2.38. The molecule has 1 aliphatic heterocycles. The van der Waals surface area contributed by atoms with Crippen molar-refractivity contribution in [2.75, 3.05) is 13.2 Å². The number of H-pyrrole nitrogens is 1. The Morgan fingerprint density at radius 1 is 1.42 bits per heavy atom. The molecule has 0 radical (unpaired) electrons. The molecule has 0 aromatic carbocycles. The van der Waals surface area contributed by atoms with Crippen LogP contribution >= 0.6 is 0 Å². The van der Waals surface area contributed by atoms with Crippen molar-refractivity contribution < 1.29 is 9.53 Å². The number of hydrogen-bond acceptors (Lipinski definition) is 3. The molecule has 0 fully saturated rings. The zero-order valence-corrected chi connectivity index (χ0v) is 6.67. The van der Waals surface area contributed by atoms with Gasteiger partial charge in [0.25, 0.3) is 0 Å². The third kappa shape index (κ3) is 1.14. The summed E-state index contributed by atoms with van der Waals surface area (Å²) < 4.78 is 5.27.